The standard InChI is InChI=1S/C19H21N3O2S2/c1-3-21-18(24)17-14(10-12(2)26-17)20-19(21)25-11-16(23)22-9-8-13-6-4-5-7-15(13)22/h4-7,12H,3,8-11H2,1-2H3/t12-/m0/s1. The van der Waals surface area contributed by atoms with Gasteiger partial charge in [-0.2, -0.15) is 0 Å². The smallest absolute Gasteiger partial charge is 0.268 e. The van der Waals surface area contributed by atoms with Crippen LogP contribution in [0.3, 0.4) is 0 Å². The molecular formula is C19H21N3O2S2. The van der Waals surface area contributed by atoms with Crippen LogP contribution in [0.5, 0.6) is 0 Å². The summed E-state index contributed by atoms with van der Waals surface area (Å²) in [5.74, 6) is 0.363. The van der Waals surface area contributed by atoms with Crippen molar-refractivity contribution in [1.82, 2.24) is 9.55 Å². The van der Waals surface area contributed by atoms with Crippen LogP contribution in [0.15, 0.2) is 39.1 Å². The van der Waals surface area contributed by atoms with Crippen molar-refractivity contribution in [2.24, 2.45) is 0 Å². The Bertz CT molecular complexity index is 925. The lowest BCUT2D eigenvalue weighted by Gasteiger charge is -2.17. The zero-order valence-corrected chi connectivity index (χ0v) is 16.5. The molecular weight excluding hydrogens is 366 g/mol. The second-order valence-electron chi connectivity index (χ2n) is 6.56. The Labute approximate surface area is 161 Å². The molecule has 1 aromatic heterocycles. The van der Waals surface area contributed by atoms with E-state index in [9.17, 15) is 9.59 Å². The number of nitrogens with zero attached hydrogens (tertiary/aromatic N) is 3. The van der Waals surface area contributed by atoms with E-state index in [1.165, 1.54) is 17.3 Å². The Morgan fingerprint density at radius 3 is 3.00 bits per heavy atom. The average Bonchev–Trinajstić information content (AvgIpc) is 3.23. The summed E-state index contributed by atoms with van der Waals surface area (Å²) < 4.78 is 1.69. The first kappa shape index (κ1) is 17.7. The van der Waals surface area contributed by atoms with Crippen LogP contribution in [0.2, 0.25) is 0 Å². The van der Waals surface area contributed by atoms with E-state index in [1.807, 2.05) is 30.0 Å². The van der Waals surface area contributed by atoms with Crippen LogP contribution in [0.1, 0.15) is 25.1 Å². The predicted octanol–water partition coefficient (Wildman–Crippen LogP) is 2.98. The first-order chi connectivity index (χ1) is 12.6. The largest absolute Gasteiger partial charge is 0.311 e. The van der Waals surface area contributed by atoms with Gasteiger partial charge in [-0.3, -0.25) is 14.2 Å². The summed E-state index contributed by atoms with van der Waals surface area (Å²) in [4.78, 5) is 32.8. The number of hydrogen-bond acceptors (Lipinski definition) is 5. The van der Waals surface area contributed by atoms with Crippen molar-refractivity contribution in [3.63, 3.8) is 0 Å². The van der Waals surface area contributed by atoms with Gasteiger partial charge >= 0.3 is 0 Å². The summed E-state index contributed by atoms with van der Waals surface area (Å²) >= 11 is 2.99. The Hall–Kier alpha value is -1.73. The van der Waals surface area contributed by atoms with E-state index in [1.54, 1.807) is 16.3 Å². The molecule has 0 aliphatic carbocycles. The molecule has 5 nitrogen and oxygen atoms in total. The van der Waals surface area contributed by atoms with E-state index in [0.717, 1.165) is 35.7 Å². The lowest BCUT2D eigenvalue weighted by molar-refractivity contribution is -0.116. The highest BCUT2D eigenvalue weighted by Gasteiger charge is 2.27. The molecule has 7 heteroatoms. The summed E-state index contributed by atoms with van der Waals surface area (Å²) in [6.45, 7) is 5.35. The minimum absolute atomic E-state index is 0.0355. The number of carbonyl (C=O) groups is 1. The fourth-order valence-electron chi connectivity index (χ4n) is 3.52. The molecule has 1 amide bonds. The van der Waals surface area contributed by atoms with Gasteiger partial charge in [-0.05, 0) is 25.0 Å². The first-order valence-corrected chi connectivity index (χ1v) is 10.8. The van der Waals surface area contributed by atoms with E-state index in [-0.39, 0.29) is 11.5 Å². The van der Waals surface area contributed by atoms with Crippen LogP contribution in [-0.4, -0.2) is 33.0 Å². The lowest BCUT2D eigenvalue weighted by atomic mass is 10.2. The van der Waals surface area contributed by atoms with Gasteiger partial charge in [0.15, 0.2) is 5.16 Å². The SMILES string of the molecule is CCn1c(SCC(=O)N2CCc3ccccc32)nc2c(c1=O)S[C@@H](C)C2. The number of amides is 1. The van der Waals surface area contributed by atoms with Gasteiger partial charge in [-0.1, -0.05) is 36.9 Å². The van der Waals surface area contributed by atoms with Crippen LogP contribution >= 0.6 is 23.5 Å². The normalized spacial score (nSPS) is 18.1. The number of anilines is 1. The lowest BCUT2D eigenvalue weighted by Crippen LogP contribution is -2.31. The van der Waals surface area contributed by atoms with Crippen LogP contribution in [-0.2, 0) is 24.2 Å². The molecule has 4 rings (SSSR count). The number of benzene rings is 1. The summed E-state index contributed by atoms with van der Waals surface area (Å²) in [6.07, 6.45) is 1.72. The van der Waals surface area contributed by atoms with Crippen molar-refractivity contribution in [1.29, 1.82) is 0 Å². The molecule has 0 radical (unpaired) electrons. The van der Waals surface area contributed by atoms with Gasteiger partial charge in [0.25, 0.3) is 5.56 Å². The van der Waals surface area contributed by atoms with E-state index in [4.69, 9.17) is 4.98 Å². The summed E-state index contributed by atoms with van der Waals surface area (Å²) in [5.41, 5.74) is 3.16. The van der Waals surface area contributed by atoms with Gasteiger partial charge in [0.1, 0.15) is 0 Å². The Morgan fingerprint density at radius 2 is 2.19 bits per heavy atom. The molecule has 0 spiro atoms. The van der Waals surface area contributed by atoms with Crippen LogP contribution in [0.25, 0.3) is 0 Å². The molecule has 1 atom stereocenters. The topological polar surface area (TPSA) is 55.2 Å². The molecule has 2 aliphatic heterocycles. The van der Waals surface area contributed by atoms with Gasteiger partial charge in [0.2, 0.25) is 5.91 Å². The third kappa shape index (κ3) is 3.07. The Kier molecular flexibility index (Phi) is 4.84. The molecule has 1 aromatic carbocycles. The number of thioether (sulfide) groups is 2. The minimum atomic E-state index is 0.0355. The zero-order valence-electron chi connectivity index (χ0n) is 14.9. The molecule has 136 valence electrons. The molecule has 0 saturated heterocycles. The molecule has 0 bridgehead atoms. The van der Waals surface area contributed by atoms with Gasteiger partial charge in [0.05, 0.1) is 16.3 Å². The quantitative estimate of drug-likeness (QED) is 0.596. The summed E-state index contributed by atoms with van der Waals surface area (Å²) in [5, 5.41) is 1.05. The maximum absolute atomic E-state index is 12.7. The van der Waals surface area contributed by atoms with Crippen molar-refractivity contribution < 1.29 is 4.79 Å². The highest BCUT2D eigenvalue weighted by atomic mass is 32.2. The molecule has 0 unspecified atom stereocenters. The third-order valence-corrected chi connectivity index (χ3v) is 6.97. The highest BCUT2D eigenvalue weighted by Crippen LogP contribution is 2.34. The highest BCUT2D eigenvalue weighted by molar-refractivity contribution is 8.00. The Balaban J connectivity index is 1.54. The monoisotopic (exact) mass is 387 g/mol. The van der Waals surface area contributed by atoms with Crippen molar-refractivity contribution in [3.8, 4) is 0 Å². The molecule has 0 fully saturated rings. The number of para-hydroxylation sites is 1. The molecule has 2 aliphatic rings. The van der Waals surface area contributed by atoms with E-state index >= 15 is 0 Å². The number of carbonyl (C=O) groups excluding carboxylic acids is 1. The van der Waals surface area contributed by atoms with E-state index in [0.29, 0.717) is 22.7 Å². The number of rotatable bonds is 4. The number of fused-ring (bicyclic) bond motifs is 2. The molecule has 2 aromatic rings. The van der Waals surface area contributed by atoms with Gasteiger partial charge in [0, 0.05) is 30.4 Å². The molecule has 0 N–H and O–H groups in total. The van der Waals surface area contributed by atoms with Crippen LogP contribution < -0.4 is 10.5 Å². The molecule has 3 heterocycles. The van der Waals surface area contributed by atoms with E-state index in [2.05, 4.69) is 13.0 Å². The van der Waals surface area contributed by atoms with Gasteiger partial charge in [-0.15, -0.1) is 11.8 Å². The van der Waals surface area contributed by atoms with Gasteiger partial charge in [-0.25, -0.2) is 4.98 Å². The molecule has 0 saturated carbocycles. The summed E-state index contributed by atoms with van der Waals surface area (Å²) in [7, 11) is 0. The zero-order chi connectivity index (χ0) is 18.3. The molecule has 26 heavy (non-hydrogen) atoms. The summed E-state index contributed by atoms with van der Waals surface area (Å²) in [6, 6.07) is 8.05. The number of hydrogen-bond donors (Lipinski definition) is 0. The fraction of sp³-hybridized carbons (Fsp3) is 0.421. The minimum Gasteiger partial charge on any atom is -0.311 e. The van der Waals surface area contributed by atoms with Crippen molar-refractivity contribution in [2.75, 3.05) is 17.2 Å². The Morgan fingerprint density at radius 1 is 1.38 bits per heavy atom. The van der Waals surface area contributed by atoms with Crippen LogP contribution in [0.4, 0.5) is 5.69 Å². The maximum atomic E-state index is 12.7. The number of aromatic nitrogens is 2. The van der Waals surface area contributed by atoms with Crippen molar-refractivity contribution in [3.05, 3.63) is 45.9 Å². The average molecular weight is 388 g/mol. The fourth-order valence-corrected chi connectivity index (χ4v) is 5.59. The predicted molar refractivity (Wildman–Crippen MR) is 106 cm³/mol. The second-order valence-corrected chi connectivity index (χ2v) is 8.96. The van der Waals surface area contributed by atoms with Crippen molar-refractivity contribution in [2.45, 2.75) is 48.5 Å². The van der Waals surface area contributed by atoms with E-state index < -0.39 is 0 Å². The van der Waals surface area contributed by atoms with Gasteiger partial charge < -0.3 is 4.90 Å². The van der Waals surface area contributed by atoms with Crippen LogP contribution in [0, 0.1) is 0 Å². The van der Waals surface area contributed by atoms with Crippen molar-refractivity contribution >= 4 is 35.1 Å². The maximum Gasteiger partial charge on any atom is 0.268 e. The second kappa shape index (κ2) is 7.12. The first-order valence-electron chi connectivity index (χ1n) is 8.90. The third-order valence-electron chi connectivity index (χ3n) is 4.79.